The summed E-state index contributed by atoms with van der Waals surface area (Å²) < 4.78 is 0. The van der Waals surface area contributed by atoms with Crippen molar-refractivity contribution >= 4 is 22.9 Å². The molecule has 25 heavy (non-hydrogen) atoms. The Kier molecular flexibility index (Phi) is 5.58. The van der Waals surface area contributed by atoms with E-state index >= 15 is 0 Å². The maximum absolute atomic E-state index is 12.4. The van der Waals surface area contributed by atoms with Crippen LogP contribution in [0.15, 0.2) is 60.0 Å². The van der Waals surface area contributed by atoms with E-state index in [4.69, 9.17) is 0 Å². The van der Waals surface area contributed by atoms with Crippen molar-refractivity contribution in [1.82, 2.24) is 9.88 Å². The number of nitrogens with one attached hydrogen (secondary N) is 1. The molecular formula is C20H21N3OS. The van der Waals surface area contributed by atoms with Gasteiger partial charge in [-0.05, 0) is 38.2 Å². The summed E-state index contributed by atoms with van der Waals surface area (Å²) in [4.78, 5) is 19.0. The summed E-state index contributed by atoms with van der Waals surface area (Å²) in [5, 5.41) is 5.56. The highest BCUT2D eigenvalue weighted by atomic mass is 32.1. The molecule has 0 aliphatic rings. The van der Waals surface area contributed by atoms with Crippen molar-refractivity contribution in [3.8, 4) is 10.6 Å². The fourth-order valence-corrected chi connectivity index (χ4v) is 3.20. The van der Waals surface area contributed by atoms with Crippen LogP contribution in [0.4, 0.5) is 5.69 Å². The van der Waals surface area contributed by atoms with Crippen LogP contribution in [0, 0.1) is 0 Å². The van der Waals surface area contributed by atoms with E-state index in [0.717, 1.165) is 29.2 Å². The fourth-order valence-electron chi connectivity index (χ4n) is 2.39. The topological polar surface area (TPSA) is 45.2 Å². The summed E-state index contributed by atoms with van der Waals surface area (Å²) in [6, 6.07) is 17.9. The number of hydrogen-bond acceptors (Lipinski definition) is 4. The second-order valence-corrected chi connectivity index (χ2v) is 6.97. The van der Waals surface area contributed by atoms with Gasteiger partial charge in [-0.2, -0.15) is 0 Å². The highest BCUT2D eigenvalue weighted by Crippen LogP contribution is 2.23. The predicted molar refractivity (Wildman–Crippen MR) is 104 cm³/mol. The lowest BCUT2D eigenvalue weighted by molar-refractivity contribution is 0.102. The minimum atomic E-state index is -0.181. The molecule has 1 heterocycles. The van der Waals surface area contributed by atoms with Crippen LogP contribution in [0.25, 0.3) is 10.6 Å². The van der Waals surface area contributed by atoms with Crippen LogP contribution >= 0.6 is 11.3 Å². The van der Waals surface area contributed by atoms with Gasteiger partial charge in [0, 0.05) is 23.2 Å². The van der Waals surface area contributed by atoms with E-state index in [-0.39, 0.29) is 5.91 Å². The Morgan fingerprint density at radius 3 is 2.48 bits per heavy atom. The quantitative estimate of drug-likeness (QED) is 0.725. The number of benzene rings is 2. The zero-order valence-corrected chi connectivity index (χ0v) is 15.2. The number of carbonyl (C=O) groups excluding carboxylic acids is 1. The number of anilines is 1. The zero-order valence-electron chi connectivity index (χ0n) is 14.4. The van der Waals surface area contributed by atoms with Crippen LogP contribution in [-0.4, -0.2) is 36.4 Å². The highest BCUT2D eigenvalue weighted by molar-refractivity contribution is 7.13. The molecule has 1 aromatic heterocycles. The van der Waals surface area contributed by atoms with Crippen molar-refractivity contribution in [3.63, 3.8) is 0 Å². The van der Waals surface area contributed by atoms with Crippen molar-refractivity contribution in [2.75, 3.05) is 26.0 Å². The second-order valence-electron chi connectivity index (χ2n) is 6.11. The average molecular weight is 351 g/mol. The number of rotatable bonds is 6. The van der Waals surface area contributed by atoms with Crippen molar-refractivity contribution in [1.29, 1.82) is 0 Å². The molecule has 5 heteroatoms. The molecule has 1 N–H and O–H groups in total. The molecule has 0 atom stereocenters. The lowest BCUT2D eigenvalue weighted by atomic mass is 10.1. The Morgan fingerprint density at radius 2 is 1.80 bits per heavy atom. The molecule has 0 aliphatic heterocycles. The SMILES string of the molecule is CN(C)CCc1ccc(NC(=O)c2csc(-c3ccccc3)n2)cc1. The molecule has 0 aliphatic carbocycles. The Bertz CT molecular complexity index is 826. The first-order chi connectivity index (χ1) is 12.1. The van der Waals surface area contributed by atoms with Gasteiger partial charge in [-0.3, -0.25) is 4.79 Å². The summed E-state index contributed by atoms with van der Waals surface area (Å²) in [7, 11) is 4.12. The van der Waals surface area contributed by atoms with E-state index < -0.39 is 0 Å². The molecule has 0 bridgehead atoms. The monoisotopic (exact) mass is 351 g/mol. The van der Waals surface area contributed by atoms with E-state index in [1.54, 1.807) is 5.38 Å². The molecule has 3 aromatic rings. The highest BCUT2D eigenvalue weighted by Gasteiger charge is 2.12. The van der Waals surface area contributed by atoms with Gasteiger partial charge in [0.05, 0.1) is 0 Å². The van der Waals surface area contributed by atoms with Gasteiger partial charge in [-0.15, -0.1) is 11.3 Å². The van der Waals surface area contributed by atoms with E-state index in [9.17, 15) is 4.79 Å². The van der Waals surface area contributed by atoms with Gasteiger partial charge in [0.25, 0.3) is 5.91 Å². The van der Waals surface area contributed by atoms with Crippen molar-refractivity contribution in [2.45, 2.75) is 6.42 Å². The third-order valence-electron chi connectivity index (χ3n) is 3.82. The number of carbonyl (C=O) groups is 1. The van der Waals surface area contributed by atoms with Crippen molar-refractivity contribution in [3.05, 3.63) is 71.2 Å². The summed E-state index contributed by atoms with van der Waals surface area (Å²) >= 11 is 1.48. The first-order valence-corrected chi connectivity index (χ1v) is 9.06. The predicted octanol–water partition coefficient (Wildman–Crippen LogP) is 4.17. The first-order valence-electron chi connectivity index (χ1n) is 8.18. The van der Waals surface area contributed by atoms with Crippen LogP contribution in [-0.2, 0) is 6.42 Å². The van der Waals surface area contributed by atoms with Crippen LogP contribution in [0.1, 0.15) is 16.1 Å². The molecule has 2 aromatic carbocycles. The molecule has 0 saturated carbocycles. The van der Waals surface area contributed by atoms with Crippen LogP contribution < -0.4 is 5.32 Å². The van der Waals surface area contributed by atoms with Crippen LogP contribution in [0.5, 0.6) is 0 Å². The Labute approximate surface area is 152 Å². The molecule has 0 fully saturated rings. The number of hydrogen-bond donors (Lipinski definition) is 1. The molecule has 128 valence electrons. The van der Waals surface area contributed by atoms with E-state index in [1.807, 2.05) is 42.5 Å². The fraction of sp³-hybridized carbons (Fsp3) is 0.200. The number of thiazole rings is 1. The second kappa shape index (κ2) is 8.05. The minimum Gasteiger partial charge on any atom is -0.321 e. The maximum atomic E-state index is 12.4. The summed E-state index contributed by atoms with van der Waals surface area (Å²) in [6.07, 6.45) is 0.994. The van der Waals surface area contributed by atoms with Gasteiger partial charge in [0.15, 0.2) is 0 Å². The zero-order chi connectivity index (χ0) is 17.6. The maximum Gasteiger partial charge on any atom is 0.275 e. The molecule has 4 nitrogen and oxygen atoms in total. The Hall–Kier alpha value is -2.50. The first kappa shape index (κ1) is 17.3. The number of aromatic nitrogens is 1. The van der Waals surface area contributed by atoms with Crippen LogP contribution in [0.2, 0.25) is 0 Å². The minimum absolute atomic E-state index is 0.181. The molecule has 0 spiro atoms. The van der Waals surface area contributed by atoms with Crippen molar-refractivity contribution < 1.29 is 4.79 Å². The van der Waals surface area contributed by atoms with Gasteiger partial charge in [0.2, 0.25) is 0 Å². The van der Waals surface area contributed by atoms with Gasteiger partial charge < -0.3 is 10.2 Å². The smallest absolute Gasteiger partial charge is 0.275 e. The Balaban J connectivity index is 1.63. The number of nitrogens with zero attached hydrogens (tertiary/aromatic N) is 2. The molecule has 1 amide bonds. The summed E-state index contributed by atoms with van der Waals surface area (Å²) in [6.45, 7) is 1.01. The standard InChI is InChI=1S/C20H21N3OS/c1-23(2)13-12-15-8-10-17(11-9-15)21-19(24)18-14-25-20(22-18)16-6-4-3-5-7-16/h3-11,14H,12-13H2,1-2H3,(H,21,24). The molecular weight excluding hydrogens is 330 g/mol. The van der Waals surface area contributed by atoms with Crippen molar-refractivity contribution in [2.24, 2.45) is 0 Å². The van der Waals surface area contributed by atoms with Gasteiger partial charge in [-0.1, -0.05) is 42.5 Å². The summed E-state index contributed by atoms with van der Waals surface area (Å²) in [5.74, 6) is -0.181. The van der Waals surface area contributed by atoms with E-state index in [1.165, 1.54) is 16.9 Å². The van der Waals surface area contributed by atoms with E-state index in [2.05, 4.69) is 41.4 Å². The third kappa shape index (κ3) is 4.75. The number of amides is 1. The molecule has 0 unspecified atom stereocenters. The van der Waals surface area contributed by atoms with E-state index in [0.29, 0.717) is 5.69 Å². The molecule has 0 radical (unpaired) electrons. The lowest BCUT2D eigenvalue weighted by Gasteiger charge is -2.09. The Morgan fingerprint density at radius 1 is 1.08 bits per heavy atom. The molecule has 3 rings (SSSR count). The molecule has 0 saturated heterocycles. The van der Waals surface area contributed by atoms with Gasteiger partial charge in [0.1, 0.15) is 10.7 Å². The normalized spacial score (nSPS) is 10.8. The lowest BCUT2D eigenvalue weighted by Crippen LogP contribution is -2.15. The van der Waals surface area contributed by atoms with Gasteiger partial charge in [-0.25, -0.2) is 4.98 Å². The average Bonchev–Trinajstić information content (AvgIpc) is 3.12. The van der Waals surface area contributed by atoms with Crippen LogP contribution in [0.3, 0.4) is 0 Å². The number of likely N-dealkylation sites (N-methyl/N-ethyl adjacent to an activating group) is 1. The summed E-state index contributed by atoms with van der Waals surface area (Å²) in [5.41, 5.74) is 3.51. The van der Waals surface area contributed by atoms with Gasteiger partial charge >= 0.3 is 0 Å². The third-order valence-corrected chi connectivity index (χ3v) is 4.71. The largest absolute Gasteiger partial charge is 0.321 e.